The van der Waals surface area contributed by atoms with Gasteiger partial charge in [-0.1, -0.05) is 25.1 Å². The molecule has 0 radical (unpaired) electrons. The third-order valence-electron chi connectivity index (χ3n) is 2.72. The van der Waals surface area contributed by atoms with E-state index < -0.39 is 0 Å². The van der Waals surface area contributed by atoms with E-state index in [1.54, 1.807) is 6.33 Å². The van der Waals surface area contributed by atoms with E-state index in [0.29, 0.717) is 0 Å². The van der Waals surface area contributed by atoms with Gasteiger partial charge in [-0.15, -0.1) is 11.8 Å². The topological polar surface area (TPSA) is 42.7 Å². The maximum atomic E-state index is 4.29. The first-order chi connectivity index (χ1) is 9.40. The average molecular weight is 276 g/mol. The Bertz CT molecular complexity index is 469. The van der Waals surface area contributed by atoms with Crippen LogP contribution in [0.5, 0.6) is 0 Å². The van der Waals surface area contributed by atoms with Crippen LogP contribution in [-0.2, 0) is 13.1 Å². The quantitative estimate of drug-likeness (QED) is 0.594. The molecule has 102 valence electrons. The Balaban J connectivity index is 1.78. The van der Waals surface area contributed by atoms with Gasteiger partial charge in [0.1, 0.15) is 12.2 Å². The van der Waals surface area contributed by atoms with Gasteiger partial charge in [0.05, 0.1) is 13.1 Å². The minimum absolute atomic E-state index is 0.795. The van der Waals surface area contributed by atoms with Crippen molar-refractivity contribution in [1.82, 2.24) is 20.1 Å². The molecule has 0 bridgehead atoms. The summed E-state index contributed by atoms with van der Waals surface area (Å²) in [5.74, 6) is 2.02. The van der Waals surface area contributed by atoms with E-state index in [1.165, 1.54) is 4.90 Å². The number of hydrogen-bond acceptors (Lipinski definition) is 4. The second-order valence-corrected chi connectivity index (χ2v) is 5.41. The minimum Gasteiger partial charge on any atom is -0.310 e. The molecule has 4 nitrogen and oxygen atoms in total. The summed E-state index contributed by atoms with van der Waals surface area (Å²) >= 11 is 1.85. The second-order valence-electron chi connectivity index (χ2n) is 4.24. The Morgan fingerprint density at radius 1 is 1.26 bits per heavy atom. The van der Waals surface area contributed by atoms with Gasteiger partial charge in [-0.3, -0.25) is 0 Å². The van der Waals surface area contributed by atoms with E-state index >= 15 is 0 Å². The van der Waals surface area contributed by atoms with Crippen LogP contribution in [0.1, 0.15) is 19.2 Å². The van der Waals surface area contributed by atoms with Gasteiger partial charge in [0.2, 0.25) is 0 Å². The summed E-state index contributed by atoms with van der Waals surface area (Å²) in [4.78, 5) is 5.59. The monoisotopic (exact) mass is 276 g/mol. The number of nitrogens with one attached hydrogen (secondary N) is 1. The number of hydrogen-bond donors (Lipinski definition) is 1. The molecule has 0 aliphatic carbocycles. The molecule has 5 heteroatoms. The normalized spacial score (nSPS) is 10.8. The molecule has 1 aromatic carbocycles. The summed E-state index contributed by atoms with van der Waals surface area (Å²) in [6, 6.07) is 10.4. The van der Waals surface area contributed by atoms with E-state index in [1.807, 2.05) is 22.5 Å². The predicted octanol–water partition coefficient (Wildman–Crippen LogP) is 2.57. The van der Waals surface area contributed by atoms with Gasteiger partial charge < -0.3 is 5.32 Å². The molecule has 0 aliphatic rings. The van der Waals surface area contributed by atoms with Crippen LogP contribution in [0.4, 0.5) is 0 Å². The lowest BCUT2D eigenvalue weighted by molar-refractivity contribution is 0.573. The Morgan fingerprint density at radius 3 is 2.89 bits per heavy atom. The van der Waals surface area contributed by atoms with Crippen molar-refractivity contribution < 1.29 is 0 Å². The summed E-state index contributed by atoms with van der Waals surface area (Å²) in [7, 11) is 0. The zero-order valence-electron chi connectivity index (χ0n) is 11.2. The fraction of sp³-hybridized carbons (Fsp3) is 0.429. The minimum atomic E-state index is 0.795. The van der Waals surface area contributed by atoms with E-state index in [2.05, 4.69) is 46.6 Å². The number of benzene rings is 1. The third kappa shape index (κ3) is 4.69. The summed E-state index contributed by atoms with van der Waals surface area (Å²) in [6.07, 6.45) is 2.77. The Kier molecular flexibility index (Phi) is 5.91. The van der Waals surface area contributed by atoms with E-state index in [9.17, 15) is 0 Å². The van der Waals surface area contributed by atoms with Gasteiger partial charge in [0.15, 0.2) is 0 Å². The number of nitrogens with zero attached hydrogens (tertiary/aromatic N) is 3. The highest BCUT2D eigenvalue weighted by molar-refractivity contribution is 7.99. The molecule has 0 fully saturated rings. The van der Waals surface area contributed by atoms with Gasteiger partial charge in [-0.2, -0.15) is 5.10 Å². The fourth-order valence-electron chi connectivity index (χ4n) is 1.76. The van der Waals surface area contributed by atoms with Crippen LogP contribution in [0.25, 0.3) is 0 Å². The number of aromatic nitrogens is 3. The lowest BCUT2D eigenvalue weighted by atomic mass is 10.4. The summed E-state index contributed by atoms with van der Waals surface area (Å²) in [6.45, 7) is 4.87. The van der Waals surface area contributed by atoms with Crippen molar-refractivity contribution in [2.45, 2.75) is 31.3 Å². The van der Waals surface area contributed by atoms with Gasteiger partial charge in [0, 0.05) is 10.6 Å². The van der Waals surface area contributed by atoms with Crippen molar-refractivity contribution in [1.29, 1.82) is 0 Å². The molecular formula is C14H20N4S. The SMILES string of the molecule is CCCNCc1ncnn1CCSc1ccccc1. The highest BCUT2D eigenvalue weighted by Gasteiger charge is 2.03. The zero-order valence-corrected chi connectivity index (χ0v) is 12.1. The van der Waals surface area contributed by atoms with Crippen LogP contribution in [0.3, 0.4) is 0 Å². The van der Waals surface area contributed by atoms with E-state index in [-0.39, 0.29) is 0 Å². The molecule has 2 rings (SSSR count). The largest absolute Gasteiger partial charge is 0.310 e. The maximum absolute atomic E-state index is 4.29. The highest BCUT2D eigenvalue weighted by atomic mass is 32.2. The number of aryl methyl sites for hydroxylation is 1. The Labute approximate surface area is 118 Å². The molecule has 0 spiro atoms. The first-order valence-electron chi connectivity index (χ1n) is 6.65. The molecule has 0 aliphatic heterocycles. The summed E-state index contributed by atoms with van der Waals surface area (Å²) in [5, 5.41) is 7.63. The van der Waals surface area contributed by atoms with E-state index in [0.717, 1.165) is 37.6 Å². The summed E-state index contributed by atoms with van der Waals surface area (Å²) < 4.78 is 1.98. The van der Waals surface area contributed by atoms with Gasteiger partial charge in [-0.05, 0) is 25.1 Å². The van der Waals surface area contributed by atoms with Gasteiger partial charge in [0.25, 0.3) is 0 Å². The van der Waals surface area contributed by atoms with Crippen LogP contribution in [0.2, 0.25) is 0 Å². The predicted molar refractivity (Wildman–Crippen MR) is 79.2 cm³/mol. The summed E-state index contributed by atoms with van der Waals surface area (Å²) in [5.41, 5.74) is 0. The molecular weight excluding hydrogens is 256 g/mol. The van der Waals surface area contributed by atoms with Crippen LogP contribution in [0, 0.1) is 0 Å². The molecule has 1 aromatic heterocycles. The zero-order chi connectivity index (χ0) is 13.3. The van der Waals surface area contributed by atoms with Crippen molar-refractivity contribution in [2.24, 2.45) is 0 Å². The third-order valence-corrected chi connectivity index (χ3v) is 3.71. The maximum Gasteiger partial charge on any atom is 0.140 e. The standard InChI is InChI=1S/C14H20N4S/c1-2-8-15-11-14-16-12-17-18(14)9-10-19-13-6-4-3-5-7-13/h3-7,12,15H,2,8-11H2,1H3. The first-order valence-corrected chi connectivity index (χ1v) is 7.64. The molecule has 19 heavy (non-hydrogen) atoms. The molecule has 1 heterocycles. The molecule has 0 saturated heterocycles. The molecule has 0 saturated carbocycles. The molecule has 2 aromatic rings. The van der Waals surface area contributed by atoms with Gasteiger partial charge in [-0.25, -0.2) is 9.67 Å². The van der Waals surface area contributed by atoms with Crippen molar-refractivity contribution in [3.8, 4) is 0 Å². The molecule has 0 amide bonds. The Morgan fingerprint density at radius 2 is 2.11 bits per heavy atom. The lowest BCUT2D eigenvalue weighted by Gasteiger charge is -2.06. The van der Waals surface area contributed by atoms with Crippen LogP contribution < -0.4 is 5.32 Å². The lowest BCUT2D eigenvalue weighted by Crippen LogP contribution is -2.18. The highest BCUT2D eigenvalue weighted by Crippen LogP contribution is 2.17. The van der Waals surface area contributed by atoms with E-state index in [4.69, 9.17) is 0 Å². The number of rotatable bonds is 8. The fourth-order valence-corrected chi connectivity index (χ4v) is 2.60. The van der Waals surface area contributed by atoms with Crippen LogP contribution in [0.15, 0.2) is 41.6 Å². The molecule has 0 unspecified atom stereocenters. The average Bonchev–Trinajstić information content (AvgIpc) is 2.88. The van der Waals surface area contributed by atoms with Crippen molar-refractivity contribution in [2.75, 3.05) is 12.3 Å². The van der Waals surface area contributed by atoms with Crippen molar-refractivity contribution >= 4 is 11.8 Å². The molecule has 1 N–H and O–H groups in total. The smallest absolute Gasteiger partial charge is 0.140 e. The first kappa shape index (κ1) is 14.1. The second kappa shape index (κ2) is 7.96. The van der Waals surface area contributed by atoms with Crippen molar-refractivity contribution in [3.05, 3.63) is 42.5 Å². The van der Waals surface area contributed by atoms with Crippen LogP contribution in [-0.4, -0.2) is 27.1 Å². The Hall–Kier alpha value is -1.33. The molecule has 0 atom stereocenters. The number of thioether (sulfide) groups is 1. The van der Waals surface area contributed by atoms with Gasteiger partial charge >= 0.3 is 0 Å². The van der Waals surface area contributed by atoms with Crippen LogP contribution >= 0.6 is 11.8 Å². The van der Waals surface area contributed by atoms with Crippen molar-refractivity contribution in [3.63, 3.8) is 0 Å².